The Balaban J connectivity index is 2.20. The summed E-state index contributed by atoms with van der Waals surface area (Å²) in [6, 6.07) is 6.73. The maximum Gasteiger partial charge on any atom is 0.254 e. The second kappa shape index (κ2) is 7.22. The molecule has 0 spiro atoms. The van der Waals surface area contributed by atoms with Crippen molar-refractivity contribution in [1.29, 1.82) is 0 Å². The molecule has 0 saturated carbocycles. The highest BCUT2D eigenvalue weighted by molar-refractivity contribution is 7.20. The predicted molar refractivity (Wildman–Crippen MR) is 89.8 cm³/mol. The van der Waals surface area contributed by atoms with Crippen LogP contribution in [0.4, 0.5) is 0 Å². The van der Waals surface area contributed by atoms with Gasteiger partial charge in [0.15, 0.2) is 0 Å². The highest BCUT2D eigenvalue weighted by Crippen LogP contribution is 2.33. The largest absolute Gasteiger partial charge is 0.497 e. The molecule has 0 saturated heterocycles. The molecule has 1 heterocycles. The summed E-state index contributed by atoms with van der Waals surface area (Å²) in [5.41, 5.74) is 1.21. The van der Waals surface area contributed by atoms with Gasteiger partial charge in [-0.05, 0) is 25.1 Å². The molecular formula is C15H15Cl2NO3S. The molecule has 0 bridgehead atoms. The molecule has 4 nitrogen and oxygen atoms in total. The Labute approximate surface area is 142 Å². The normalized spacial score (nSPS) is 11.9. The Morgan fingerprint density at radius 3 is 2.50 bits per heavy atom. The van der Waals surface area contributed by atoms with Gasteiger partial charge in [-0.2, -0.15) is 0 Å². The average molecular weight is 360 g/mol. The van der Waals surface area contributed by atoms with Gasteiger partial charge in [0.1, 0.15) is 15.8 Å². The molecule has 118 valence electrons. The number of ether oxygens (including phenoxy) is 2. The smallest absolute Gasteiger partial charge is 0.254 e. The number of benzene rings is 1. The quantitative estimate of drug-likeness (QED) is 0.850. The third-order valence-corrected chi connectivity index (χ3v) is 4.64. The Hall–Kier alpha value is -1.43. The SMILES string of the molecule is COc1ccc(C(C)NC(=O)c2cc(Cl)sc2Cl)c(OC)c1. The van der Waals surface area contributed by atoms with Crippen molar-refractivity contribution in [3.05, 3.63) is 44.1 Å². The van der Waals surface area contributed by atoms with Crippen LogP contribution < -0.4 is 14.8 Å². The summed E-state index contributed by atoms with van der Waals surface area (Å²) >= 11 is 13.0. The van der Waals surface area contributed by atoms with E-state index in [4.69, 9.17) is 32.7 Å². The lowest BCUT2D eigenvalue weighted by atomic mass is 10.1. The second-order valence-electron chi connectivity index (χ2n) is 4.54. The van der Waals surface area contributed by atoms with Gasteiger partial charge in [0.05, 0.1) is 30.2 Å². The van der Waals surface area contributed by atoms with E-state index in [0.29, 0.717) is 25.7 Å². The first-order valence-corrected chi connectivity index (χ1v) is 8.01. The molecule has 1 aromatic carbocycles. The van der Waals surface area contributed by atoms with Crippen LogP contribution in [0, 0.1) is 0 Å². The van der Waals surface area contributed by atoms with Crippen molar-refractivity contribution < 1.29 is 14.3 Å². The summed E-state index contributed by atoms with van der Waals surface area (Å²) in [5.74, 6) is 1.05. The van der Waals surface area contributed by atoms with Crippen LogP contribution >= 0.6 is 34.5 Å². The number of rotatable bonds is 5. The van der Waals surface area contributed by atoms with Gasteiger partial charge >= 0.3 is 0 Å². The van der Waals surface area contributed by atoms with Gasteiger partial charge in [0.25, 0.3) is 5.91 Å². The van der Waals surface area contributed by atoms with Crippen LogP contribution in [0.25, 0.3) is 0 Å². The van der Waals surface area contributed by atoms with E-state index in [1.165, 1.54) is 0 Å². The first kappa shape index (κ1) is 16.9. The third-order valence-electron chi connectivity index (χ3n) is 3.16. The molecule has 0 aliphatic carbocycles. The van der Waals surface area contributed by atoms with Gasteiger partial charge in [0.2, 0.25) is 0 Å². The number of carbonyl (C=O) groups excluding carboxylic acids is 1. The highest BCUT2D eigenvalue weighted by Gasteiger charge is 2.19. The summed E-state index contributed by atoms with van der Waals surface area (Å²) in [6.45, 7) is 1.87. The van der Waals surface area contributed by atoms with E-state index < -0.39 is 0 Å². The minimum Gasteiger partial charge on any atom is -0.497 e. The summed E-state index contributed by atoms with van der Waals surface area (Å²) in [4.78, 5) is 12.3. The monoisotopic (exact) mass is 359 g/mol. The minimum absolute atomic E-state index is 0.261. The van der Waals surface area contributed by atoms with Crippen molar-refractivity contribution in [1.82, 2.24) is 5.32 Å². The van der Waals surface area contributed by atoms with Gasteiger partial charge in [-0.1, -0.05) is 23.2 Å². The lowest BCUT2D eigenvalue weighted by Gasteiger charge is -2.18. The van der Waals surface area contributed by atoms with Crippen molar-refractivity contribution in [2.24, 2.45) is 0 Å². The Bertz CT molecular complexity index is 687. The van der Waals surface area contributed by atoms with E-state index in [2.05, 4.69) is 5.32 Å². The van der Waals surface area contributed by atoms with Gasteiger partial charge in [-0.3, -0.25) is 4.79 Å². The molecule has 0 aliphatic heterocycles. The van der Waals surface area contributed by atoms with Crippen LogP contribution in [0.2, 0.25) is 8.67 Å². The molecular weight excluding hydrogens is 345 g/mol. The number of methoxy groups -OCH3 is 2. The molecule has 1 unspecified atom stereocenters. The van der Waals surface area contributed by atoms with Crippen molar-refractivity contribution >= 4 is 40.4 Å². The molecule has 2 rings (SSSR count). The molecule has 0 radical (unpaired) electrons. The van der Waals surface area contributed by atoms with E-state index in [9.17, 15) is 4.79 Å². The Morgan fingerprint density at radius 2 is 1.95 bits per heavy atom. The van der Waals surface area contributed by atoms with Crippen LogP contribution in [0.3, 0.4) is 0 Å². The fourth-order valence-electron chi connectivity index (χ4n) is 2.02. The minimum atomic E-state index is -0.279. The first-order valence-electron chi connectivity index (χ1n) is 6.44. The second-order valence-corrected chi connectivity index (χ2v) is 6.83. The Morgan fingerprint density at radius 1 is 1.23 bits per heavy atom. The number of nitrogens with one attached hydrogen (secondary N) is 1. The number of thiophene rings is 1. The summed E-state index contributed by atoms with van der Waals surface area (Å²) < 4.78 is 11.4. The highest BCUT2D eigenvalue weighted by atomic mass is 35.5. The van der Waals surface area contributed by atoms with Crippen molar-refractivity contribution in [3.63, 3.8) is 0 Å². The fourth-order valence-corrected chi connectivity index (χ4v) is 3.48. The van der Waals surface area contributed by atoms with Crippen LogP contribution in [0.5, 0.6) is 11.5 Å². The van der Waals surface area contributed by atoms with E-state index in [0.717, 1.165) is 16.9 Å². The molecule has 0 aliphatic rings. The van der Waals surface area contributed by atoms with Gasteiger partial charge in [-0.25, -0.2) is 0 Å². The summed E-state index contributed by atoms with van der Waals surface area (Å²) in [6.07, 6.45) is 0. The molecule has 0 fully saturated rings. The number of hydrogen-bond donors (Lipinski definition) is 1. The standard InChI is InChI=1S/C15H15Cl2NO3S/c1-8(10-5-4-9(20-2)6-12(10)21-3)18-15(19)11-7-13(16)22-14(11)17/h4-8H,1-3H3,(H,18,19). The molecule has 1 N–H and O–H groups in total. The fraction of sp³-hybridized carbons (Fsp3) is 0.267. The van der Waals surface area contributed by atoms with Crippen LogP contribution in [-0.2, 0) is 0 Å². The number of amides is 1. The first-order chi connectivity index (χ1) is 10.5. The molecule has 1 aromatic heterocycles. The lowest BCUT2D eigenvalue weighted by Crippen LogP contribution is -2.26. The van der Waals surface area contributed by atoms with Gasteiger partial charge in [0, 0.05) is 11.6 Å². The number of hydrogen-bond acceptors (Lipinski definition) is 4. The van der Waals surface area contributed by atoms with Crippen LogP contribution in [0.15, 0.2) is 24.3 Å². The third kappa shape index (κ3) is 3.66. The van der Waals surface area contributed by atoms with E-state index in [1.807, 2.05) is 19.1 Å². The van der Waals surface area contributed by atoms with Crippen LogP contribution in [-0.4, -0.2) is 20.1 Å². The van der Waals surface area contributed by atoms with Crippen LogP contribution in [0.1, 0.15) is 28.9 Å². The molecule has 2 aromatic rings. The van der Waals surface area contributed by atoms with E-state index in [1.54, 1.807) is 26.4 Å². The molecule has 7 heteroatoms. The summed E-state index contributed by atoms with van der Waals surface area (Å²) in [5, 5.41) is 2.88. The van der Waals surface area contributed by atoms with Crippen molar-refractivity contribution in [3.8, 4) is 11.5 Å². The van der Waals surface area contributed by atoms with E-state index >= 15 is 0 Å². The van der Waals surface area contributed by atoms with Gasteiger partial charge in [-0.15, -0.1) is 11.3 Å². The zero-order chi connectivity index (χ0) is 16.3. The summed E-state index contributed by atoms with van der Waals surface area (Å²) in [7, 11) is 3.16. The average Bonchev–Trinajstić information content (AvgIpc) is 2.85. The maximum atomic E-state index is 12.3. The zero-order valence-electron chi connectivity index (χ0n) is 12.3. The molecule has 22 heavy (non-hydrogen) atoms. The topological polar surface area (TPSA) is 47.6 Å². The maximum absolute atomic E-state index is 12.3. The van der Waals surface area contributed by atoms with Crippen molar-refractivity contribution in [2.45, 2.75) is 13.0 Å². The van der Waals surface area contributed by atoms with E-state index in [-0.39, 0.29) is 11.9 Å². The van der Waals surface area contributed by atoms with Crippen molar-refractivity contribution in [2.75, 3.05) is 14.2 Å². The lowest BCUT2D eigenvalue weighted by molar-refractivity contribution is 0.0940. The number of carbonyl (C=O) groups is 1. The number of halogens is 2. The molecule has 1 atom stereocenters. The zero-order valence-corrected chi connectivity index (χ0v) is 14.6. The van der Waals surface area contributed by atoms with Gasteiger partial charge < -0.3 is 14.8 Å². The molecule has 1 amide bonds. The predicted octanol–water partition coefficient (Wildman–Crippen LogP) is 4.56. The Kier molecular flexibility index (Phi) is 5.56.